The Kier molecular flexibility index (Phi) is 5.35. The van der Waals surface area contributed by atoms with Gasteiger partial charge in [0.2, 0.25) is 0 Å². The summed E-state index contributed by atoms with van der Waals surface area (Å²) < 4.78 is 10.5. The Bertz CT molecular complexity index is 519. The molecule has 0 spiro atoms. The van der Waals surface area contributed by atoms with Gasteiger partial charge in [0.1, 0.15) is 23.7 Å². The Morgan fingerprint density at radius 3 is 2.43 bits per heavy atom. The van der Waals surface area contributed by atoms with Gasteiger partial charge in [-0.15, -0.1) is 0 Å². The van der Waals surface area contributed by atoms with Crippen molar-refractivity contribution >= 4 is 12.4 Å². The zero-order valence-electron chi connectivity index (χ0n) is 13.5. The molecule has 21 heavy (non-hydrogen) atoms. The van der Waals surface area contributed by atoms with Crippen molar-refractivity contribution in [3.63, 3.8) is 0 Å². The molecule has 0 radical (unpaired) electrons. The van der Waals surface area contributed by atoms with E-state index in [0.29, 0.717) is 17.6 Å². The van der Waals surface area contributed by atoms with Gasteiger partial charge in [-0.2, -0.15) is 0 Å². The number of likely N-dealkylation sites (N-methyl/N-ethyl adjacent to an activating group) is 1. The van der Waals surface area contributed by atoms with E-state index < -0.39 is 17.7 Å². The van der Waals surface area contributed by atoms with Crippen LogP contribution in [0.5, 0.6) is 5.75 Å². The highest BCUT2D eigenvalue weighted by Crippen LogP contribution is 2.26. The van der Waals surface area contributed by atoms with Crippen molar-refractivity contribution < 1.29 is 19.1 Å². The highest BCUT2D eigenvalue weighted by Gasteiger charge is 2.26. The van der Waals surface area contributed by atoms with Crippen LogP contribution in [0.2, 0.25) is 0 Å². The van der Waals surface area contributed by atoms with Gasteiger partial charge in [0.05, 0.1) is 7.11 Å². The van der Waals surface area contributed by atoms with E-state index in [4.69, 9.17) is 9.47 Å². The number of aldehydes is 1. The molecule has 0 aromatic heterocycles. The Labute approximate surface area is 125 Å². The standard InChI is InChI=1S/C16H23NO4/c1-11-7-8-12(9-14(11)20-6)13(10-18)17(5)15(19)21-16(2,3)4/h7-10,13H,1-6H3. The van der Waals surface area contributed by atoms with Crippen LogP contribution < -0.4 is 4.74 Å². The van der Waals surface area contributed by atoms with Crippen molar-refractivity contribution in [2.45, 2.75) is 39.3 Å². The molecule has 0 aliphatic heterocycles. The lowest BCUT2D eigenvalue weighted by molar-refractivity contribution is -0.112. The highest BCUT2D eigenvalue weighted by molar-refractivity contribution is 5.74. The molecular formula is C16H23NO4. The number of methoxy groups -OCH3 is 1. The monoisotopic (exact) mass is 293 g/mol. The third-order valence-electron chi connectivity index (χ3n) is 3.00. The van der Waals surface area contributed by atoms with Crippen molar-refractivity contribution in [3.05, 3.63) is 29.3 Å². The van der Waals surface area contributed by atoms with E-state index in [2.05, 4.69) is 0 Å². The average molecular weight is 293 g/mol. The SMILES string of the molecule is COc1cc(C(C=O)N(C)C(=O)OC(C)(C)C)ccc1C. The van der Waals surface area contributed by atoms with Crippen LogP contribution >= 0.6 is 0 Å². The number of aryl methyl sites for hydroxylation is 1. The van der Waals surface area contributed by atoms with Gasteiger partial charge in [-0.05, 0) is 44.9 Å². The molecule has 0 saturated heterocycles. The molecule has 1 amide bonds. The average Bonchev–Trinajstić information content (AvgIpc) is 2.39. The fourth-order valence-electron chi connectivity index (χ4n) is 1.86. The summed E-state index contributed by atoms with van der Waals surface area (Å²) >= 11 is 0. The Hall–Kier alpha value is -2.04. The number of hydrogen-bond donors (Lipinski definition) is 0. The van der Waals surface area contributed by atoms with Gasteiger partial charge in [-0.25, -0.2) is 4.79 Å². The van der Waals surface area contributed by atoms with Crippen molar-refractivity contribution in [1.29, 1.82) is 0 Å². The van der Waals surface area contributed by atoms with E-state index >= 15 is 0 Å². The van der Waals surface area contributed by atoms with Crippen LogP contribution in [-0.2, 0) is 9.53 Å². The first-order valence-electron chi connectivity index (χ1n) is 6.75. The lowest BCUT2D eigenvalue weighted by atomic mass is 10.0. The van der Waals surface area contributed by atoms with E-state index in [-0.39, 0.29) is 0 Å². The molecular weight excluding hydrogens is 270 g/mol. The van der Waals surface area contributed by atoms with E-state index in [1.54, 1.807) is 47.1 Å². The third-order valence-corrected chi connectivity index (χ3v) is 3.00. The molecule has 1 atom stereocenters. The number of carbonyl (C=O) groups is 2. The van der Waals surface area contributed by atoms with Crippen molar-refractivity contribution in [1.82, 2.24) is 4.90 Å². The molecule has 5 nitrogen and oxygen atoms in total. The lowest BCUT2D eigenvalue weighted by Crippen LogP contribution is -2.37. The van der Waals surface area contributed by atoms with Crippen molar-refractivity contribution in [2.24, 2.45) is 0 Å². The number of benzene rings is 1. The Morgan fingerprint density at radius 2 is 1.95 bits per heavy atom. The molecule has 0 aliphatic rings. The fourth-order valence-corrected chi connectivity index (χ4v) is 1.86. The Morgan fingerprint density at radius 1 is 1.33 bits per heavy atom. The summed E-state index contributed by atoms with van der Waals surface area (Å²) in [6.45, 7) is 7.26. The van der Waals surface area contributed by atoms with E-state index in [1.807, 2.05) is 13.0 Å². The predicted octanol–water partition coefficient (Wildman–Crippen LogP) is 3.11. The van der Waals surface area contributed by atoms with Gasteiger partial charge in [0.25, 0.3) is 0 Å². The van der Waals surface area contributed by atoms with Gasteiger partial charge < -0.3 is 14.3 Å². The molecule has 1 unspecified atom stereocenters. The molecule has 1 rings (SSSR count). The molecule has 0 heterocycles. The topological polar surface area (TPSA) is 55.8 Å². The lowest BCUT2D eigenvalue weighted by Gasteiger charge is -2.28. The number of carbonyl (C=O) groups excluding carboxylic acids is 2. The quantitative estimate of drug-likeness (QED) is 0.800. The zero-order valence-corrected chi connectivity index (χ0v) is 13.5. The molecule has 1 aromatic rings. The molecule has 0 aliphatic carbocycles. The minimum Gasteiger partial charge on any atom is -0.496 e. The molecule has 5 heteroatoms. The predicted molar refractivity (Wildman–Crippen MR) is 80.5 cm³/mol. The van der Waals surface area contributed by atoms with Gasteiger partial charge in [0.15, 0.2) is 0 Å². The summed E-state index contributed by atoms with van der Waals surface area (Å²) in [6.07, 6.45) is 0.174. The molecule has 1 aromatic carbocycles. The van der Waals surface area contributed by atoms with Crippen LogP contribution in [0, 0.1) is 6.92 Å². The van der Waals surface area contributed by atoms with Gasteiger partial charge in [-0.1, -0.05) is 12.1 Å². The normalized spacial score (nSPS) is 12.5. The van der Waals surface area contributed by atoms with E-state index in [0.717, 1.165) is 5.56 Å². The number of hydrogen-bond acceptors (Lipinski definition) is 4. The number of ether oxygens (including phenoxy) is 2. The second kappa shape index (κ2) is 6.61. The van der Waals surface area contributed by atoms with Crippen molar-refractivity contribution in [2.75, 3.05) is 14.2 Å². The summed E-state index contributed by atoms with van der Waals surface area (Å²) in [4.78, 5) is 24.8. The number of rotatable bonds is 4. The van der Waals surface area contributed by atoms with Gasteiger partial charge in [0, 0.05) is 7.05 Å². The largest absolute Gasteiger partial charge is 0.496 e. The maximum Gasteiger partial charge on any atom is 0.410 e. The summed E-state index contributed by atoms with van der Waals surface area (Å²) in [6, 6.07) is 4.70. The van der Waals surface area contributed by atoms with Crippen LogP contribution in [0.1, 0.15) is 37.9 Å². The molecule has 0 saturated carbocycles. The molecule has 0 fully saturated rings. The first-order chi connectivity index (χ1) is 9.69. The van der Waals surface area contributed by atoms with Crippen LogP contribution in [0.3, 0.4) is 0 Å². The summed E-state index contributed by atoms with van der Waals surface area (Å²) in [5.41, 5.74) is 1.04. The molecule has 0 N–H and O–H groups in total. The zero-order chi connectivity index (χ0) is 16.2. The maximum absolute atomic E-state index is 12.1. The minimum absolute atomic E-state index is 0.542. The molecule has 0 bridgehead atoms. The van der Waals surface area contributed by atoms with Crippen LogP contribution in [0.25, 0.3) is 0 Å². The fraction of sp³-hybridized carbons (Fsp3) is 0.500. The molecule has 116 valence electrons. The van der Waals surface area contributed by atoms with Crippen LogP contribution in [-0.4, -0.2) is 37.0 Å². The maximum atomic E-state index is 12.1. The Balaban J connectivity index is 3.02. The third kappa shape index (κ3) is 4.48. The first-order valence-corrected chi connectivity index (χ1v) is 6.75. The summed E-state index contributed by atoms with van der Waals surface area (Å²) in [7, 11) is 3.11. The van der Waals surface area contributed by atoms with Crippen molar-refractivity contribution in [3.8, 4) is 5.75 Å². The van der Waals surface area contributed by atoms with E-state index in [9.17, 15) is 9.59 Å². The summed E-state index contributed by atoms with van der Waals surface area (Å²) in [5.74, 6) is 0.678. The summed E-state index contributed by atoms with van der Waals surface area (Å²) in [5, 5.41) is 0. The highest BCUT2D eigenvalue weighted by atomic mass is 16.6. The smallest absolute Gasteiger partial charge is 0.410 e. The van der Waals surface area contributed by atoms with E-state index in [1.165, 1.54) is 4.90 Å². The van der Waals surface area contributed by atoms with Gasteiger partial charge >= 0.3 is 6.09 Å². The van der Waals surface area contributed by atoms with Crippen LogP contribution in [0.15, 0.2) is 18.2 Å². The van der Waals surface area contributed by atoms with Gasteiger partial charge in [-0.3, -0.25) is 4.90 Å². The second-order valence-corrected chi connectivity index (χ2v) is 5.90. The first kappa shape index (κ1) is 17.0. The van der Waals surface area contributed by atoms with Crippen LogP contribution in [0.4, 0.5) is 4.79 Å². The number of nitrogens with zero attached hydrogens (tertiary/aromatic N) is 1. The minimum atomic E-state index is -0.714. The second-order valence-electron chi connectivity index (χ2n) is 5.90. The number of amides is 1.